The zero-order valence-corrected chi connectivity index (χ0v) is 24.4. The molecule has 5 rings (SSSR count). The van der Waals surface area contributed by atoms with Crippen molar-refractivity contribution in [3.8, 4) is 11.1 Å². The molecule has 0 aliphatic heterocycles. The summed E-state index contributed by atoms with van der Waals surface area (Å²) in [6.07, 6.45) is 8.34. The lowest BCUT2D eigenvalue weighted by molar-refractivity contribution is 1.29. The van der Waals surface area contributed by atoms with E-state index >= 15 is 0 Å². The van der Waals surface area contributed by atoms with Crippen molar-refractivity contribution in [1.29, 1.82) is 0 Å². The molecular weight excluding hydrogens is 504 g/mol. The first-order chi connectivity index (χ1) is 20.5. The Balaban J connectivity index is 1.67. The molecule has 0 N–H and O–H groups in total. The largest absolute Gasteiger partial charge is 0.103 e. The summed E-state index contributed by atoms with van der Waals surface area (Å²) >= 11 is 0. The molecule has 0 aliphatic carbocycles. The van der Waals surface area contributed by atoms with Crippen LogP contribution in [-0.4, -0.2) is 0 Å². The molecule has 42 heavy (non-hydrogen) atoms. The van der Waals surface area contributed by atoms with E-state index in [1.807, 2.05) is 30.4 Å². The van der Waals surface area contributed by atoms with E-state index in [4.69, 9.17) is 0 Å². The van der Waals surface area contributed by atoms with Crippen LogP contribution in [0.4, 0.5) is 0 Å². The quantitative estimate of drug-likeness (QED) is 0.122. The highest BCUT2D eigenvalue weighted by Gasteiger charge is 2.18. The van der Waals surface area contributed by atoms with Gasteiger partial charge in [-0.1, -0.05) is 154 Å². The van der Waals surface area contributed by atoms with Gasteiger partial charge in [0, 0.05) is 0 Å². The maximum absolute atomic E-state index is 4.59. The zero-order chi connectivity index (χ0) is 29.6. The van der Waals surface area contributed by atoms with Crippen LogP contribution in [-0.2, 0) is 0 Å². The van der Waals surface area contributed by atoms with E-state index in [1.165, 1.54) is 27.5 Å². The van der Waals surface area contributed by atoms with Gasteiger partial charge < -0.3 is 0 Å². The molecule has 0 saturated carbocycles. The minimum atomic E-state index is 0.702. The summed E-state index contributed by atoms with van der Waals surface area (Å²) in [7, 11) is 0. The summed E-state index contributed by atoms with van der Waals surface area (Å²) in [5.74, 6) is 0. The maximum Gasteiger partial charge on any atom is -0.00701 e. The van der Waals surface area contributed by atoms with Gasteiger partial charge in [-0.25, -0.2) is 0 Å². The summed E-state index contributed by atoms with van der Waals surface area (Å²) in [6, 6.07) is 36.6. The van der Waals surface area contributed by atoms with Gasteiger partial charge in [0.05, 0.1) is 0 Å². The first-order valence-corrected chi connectivity index (χ1v) is 14.2. The lowest BCUT2D eigenvalue weighted by atomic mass is 9.83. The summed E-state index contributed by atoms with van der Waals surface area (Å²) in [6.45, 7) is 23.1. The van der Waals surface area contributed by atoms with Crippen LogP contribution in [0.1, 0.15) is 45.4 Å². The second-order valence-electron chi connectivity index (χ2n) is 10.4. The maximum atomic E-state index is 4.59. The third-order valence-electron chi connectivity index (χ3n) is 7.97. The molecule has 0 radical (unpaired) electrons. The van der Waals surface area contributed by atoms with E-state index in [0.29, 0.717) is 6.42 Å². The molecule has 0 unspecified atom stereocenters. The Morgan fingerprint density at radius 3 is 1.98 bits per heavy atom. The molecule has 0 atom stereocenters. The Morgan fingerprint density at radius 1 is 0.643 bits per heavy atom. The standard InChI is InChI=1S/C42H36/c1-7-16-32(9-3)42(34-26-24-33(25-27-34)39-28-23-29(5)36-18-11-13-20-40(36)39)41-21-14-12-19-38(41)30(6)37-22-15-17-31(8-2)35(37)10-4/h7-15,17-28H,1-4,6,16H2,5H3/b42-32-. The van der Waals surface area contributed by atoms with Crippen molar-refractivity contribution in [3.63, 3.8) is 0 Å². The molecule has 0 heterocycles. The molecule has 5 aromatic rings. The summed E-state index contributed by atoms with van der Waals surface area (Å²) in [5, 5.41) is 2.55. The van der Waals surface area contributed by atoms with Crippen molar-refractivity contribution in [2.24, 2.45) is 0 Å². The summed E-state index contributed by atoms with van der Waals surface area (Å²) in [4.78, 5) is 0. The highest BCUT2D eigenvalue weighted by Crippen LogP contribution is 2.38. The van der Waals surface area contributed by atoms with Crippen LogP contribution in [0.5, 0.6) is 0 Å². The molecule has 0 amide bonds. The molecule has 0 spiro atoms. The van der Waals surface area contributed by atoms with Crippen LogP contribution in [0.25, 0.3) is 45.2 Å². The first-order valence-electron chi connectivity index (χ1n) is 14.2. The normalized spacial score (nSPS) is 11.5. The molecule has 0 saturated heterocycles. The summed E-state index contributed by atoms with van der Waals surface area (Å²) in [5.41, 5.74) is 13.3. The van der Waals surface area contributed by atoms with Crippen molar-refractivity contribution in [3.05, 3.63) is 193 Å². The van der Waals surface area contributed by atoms with Crippen LogP contribution < -0.4 is 0 Å². The molecule has 0 heteroatoms. The van der Waals surface area contributed by atoms with Gasteiger partial charge in [-0.3, -0.25) is 0 Å². The van der Waals surface area contributed by atoms with E-state index < -0.39 is 0 Å². The monoisotopic (exact) mass is 540 g/mol. The van der Waals surface area contributed by atoms with Gasteiger partial charge in [0.15, 0.2) is 0 Å². The SMILES string of the molecule is C=CC/C(C=C)=C(/c1ccc(-c2ccc(C)c3ccccc23)cc1)c1ccccc1C(=C)c1cccc(C=C)c1C=C. The zero-order valence-electron chi connectivity index (χ0n) is 24.4. The molecule has 0 aromatic heterocycles. The Morgan fingerprint density at radius 2 is 1.31 bits per heavy atom. The topological polar surface area (TPSA) is 0 Å². The Hall–Kier alpha value is -5.20. The van der Waals surface area contributed by atoms with Crippen LogP contribution in [0.15, 0.2) is 154 Å². The first kappa shape index (κ1) is 28.3. The third-order valence-corrected chi connectivity index (χ3v) is 7.97. The van der Waals surface area contributed by atoms with Gasteiger partial charge in [0.1, 0.15) is 0 Å². The fourth-order valence-corrected chi connectivity index (χ4v) is 5.84. The highest BCUT2D eigenvalue weighted by molar-refractivity contribution is 5.99. The number of aryl methyl sites for hydroxylation is 1. The van der Waals surface area contributed by atoms with Crippen molar-refractivity contribution < 1.29 is 0 Å². The van der Waals surface area contributed by atoms with E-state index in [9.17, 15) is 0 Å². The Bertz CT molecular complexity index is 1870. The molecular formula is C42H36. The van der Waals surface area contributed by atoms with E-state index in [0.717, 1.165) is 50.1 Å². The van der Waals surface area contributed by atoms with E-state index in [-0.39, 0.29) is 0 Å². The van der Waals surface area contributed by atoms with Crippen molar-refractivity contribution in [1.82, 2.24) is 0 Å². The number of benzene rings is 5. The molecule has 0 bridgehead atoms. The van der Waals surface area contributed by atoms with Gasteiger partial charge in [-0.15, -0.1) is 6.58 Å². The average molecular weight is 541 g/mol. The second kappa shape index (κ2) is 12.5. The van der Waals surface area contributed by atoms with Gasteiger partial charge >= 0.3 is 0 Å². The molecule has 5 aromatic carbocycles. The van der Waals surface area contributed by atoms with Gasteiger partial charge in [-0.05, 0) is 90.9 Å². The van der Waals surface area contributed by atoms with Crippen LogP contribution in [0.2, 0.25) is 0 Å². The number of allylic oxidation sites excluding steroid dienone is 3. The lowest BCUT2D eigenvalue weighted by Crippen LogP contribution is -2.00. The number of hydrogen-bond acceptors (Lipinski definition) is 0. The Kier molecular flexibility index (Phi) is 8.46. The average Bonchev–Trinajstić information content (AvgIpc) is 3.04. The number of hydrogen-bond donors (Lipinski definition) is 0. The number of fused-ring (bicyclic) bond motifs is 1. The van der Waals surface area contributed by atoms with Crippen LogP contribution in [0, 0.1) is 6.92 Å². The van der Waals surface area contributed by atoms with Crippen LogP contribution in [0.3, 0.4) is 0 Å². The van der Waals surface area contributed by atoms with Crippen molar-refractivity contribution >= 4 is 34.1 Å². The van der Waals surface area contributed by atoms with E-state index in [2.05, 4.69) is 137 Å². The molecule has 0 nitrogen and oxygen atoms in total. The van der Waals surface area contributed by atoms with Crippen molar-refractivity contribution in [2.75, 3.05) is 0 Å². The molecule has 204 valence electrons. The van der Waals surface area contributed by atoms with Crippen LogP contribution >= 0.6 is 0 Å². The second-order valence-corrected chi connectivity index (χ2v) is 10.4. The van der Waals surface area contributed by atoms with E-state index in [1.54, 1.807) is 0 Å². The number of rotatable bonds is 10. The van der Waals surface area contributed by atoms with Crippen molar-refractivity contribution in [2.45, 2.75) is 13.3 Å². The fourth-order valence-electron chi connectivity index (χ4n) is 5.84. The van der Waals surface area contributed by atoms with Gasteiger partial charge in [-0.2, -0.15) is 0 Å². The fraction of sp³-hybridized carbons (Fsp3) is 0.0476. The molecule has 0 fully saturated rings. The third kappa shape index (κ3) is 5.28. The predicted octanol–water partition coefficient (Wildman–Crippen LogP) is 11.7. The van der Waals surface area contributed by atoms with Gasteiger partial charge in [0.2, 0.25) is 0 Å². The highest BCUT2D eigenvalue weighted by atomic mass is 14.2. The minimum Gasteiger partial charge on any atom is -0.103 e. The Labute approximate surface area is 250 Å². The smallest absolute Gasteiger partial charge is 0.00701 e. The minimum absolute atomic E-state index is 0.702. The lowest BCUT2D eigenvalue weighted by Gasteiger charge is -2.20. The molecule has 0 aliphatic rings. The van der Waals surface area contributed by atoms with Gasteiger partial charge in [0.25, 0.3) is 0 Å². The predicted molar refractivity (Wildman–Crippen MR) is 186 cm³/mol. The summed E-state index contributed by atoms with van der Waals surface area (Å²) < 4.78 is 0.